The first-order chi connectivity index (χ1) is 19.8. The van der Waals surface area contributed by atoms with E-state index in [1.165, 1.54) is 30.5 Å². The zero-order chi connectivity index (χ0) is 29.2. The molecule has 0 atom stereocenters. The molecule has 0 fully saturated rings. The molecule has 4 rings (SSSR count). The second-order valence-electron chi connectivity index (χ2n) is 9.16. The molecule has 208 valence electrons. The molecule has 0 unspecified atom stereocenters. The summed E-state index contributed by atoms with van der Waals surface area (Å²) in [5.41, 5.74) is 5.76. The van der Waals surface area contributed by atoms with Gasteiger partial charge in [0.25, 0.3) is 11.8 Å². The highest BCUT2D eigenvalue weighted by Crippen LogP contribution is 2.23. The first kappa shape index (κ1) is 29.2. The Kier molecular flexibility index (Phi) is 10.0. The summed E-state index contributed by atoms with van der Waals surface area (Å²) >= 11 is 3.45. The van der Waals surface area contributed by atoms with E-state index in [-0.39, 0.29) is 11.3 Å². The number of anilines is 1. The maximum Gasteiger partial charge on any atom is 0.287 e. The van der Waals surface area contributed by atoms with E-state index in [4.69, 9.17) is 4.74 Å². The molecule has 0 aliphatic carbocycles. The first-order valence-corrected chi connectivity index (χ1v) is 13.4. The number of hydrogen-bond acceptors (Lipinski definition) is 5. The van der Waals surface area contributed by atoms with Crippen LogP contribution in [0.4, 0.5) is 10.1 Å². The lowest BCUT2D eigenvalue weighted by atomic mass is 10.1. The van der Waals surface area contributed by atoms with E-state index in [0.717, 1.165) is 21.8 Å². The van der Waals surface area contributed by atoms with E-state index >= 15 is 0 Å². The molecule has 0 aliphatic rings. The summed E-state index contributed by atoms with van der Waals surface area (Å²) in [5.74, 6) is -1.28. The lowest BCUT2D eigenvalue weighted by molar-refractivity contribution is -0.117. The van der Waals surface area contributed by atoms with E-state index in [9.17, 15) is 14.0 Å². The van der Waals surface area contributed by atoms with Crippen LogP contribution in [-0.2, 0) is 11.4 Å². The number of benzene rings is 4. The normalized spacial score (nSPS) is 11.3. The third-order valence-electron chi connectivity index (χ3n) is 5.88. The smallest absolute Gasteiger partial charge is 0.287 e. The van der Waals surface area contributed by atoms with Crippen LogP contribution < -0.4 is 20.4 Å². The topological polar surface area (TPSA) is 83.0 Å². The molecule has 2 amide bonds. The predicted octanol–water partition coefficient (Wildman–Crippen LogP) is 6.15. The van der Waals surface area contributed by atoms with Crippen molar-refractivity contribution in [3.05, 3.63) is 135 Å². The maximum absolute atomic E-state index is 13.7. The van der Waals surface area contributed by atoms with Gasteiger partial charge in [0.2, 0.25) is 0 Å². The molecule has 7 nitrogen and oxygen atoms in total. The minimum Gasteiger partial charge on any atom is -0.488 e. The molecule has 4 aromatic rings. The summed E-state index contributed by atoms with van der Waals surface area (Å²) in [7, 11) is 3.84. The van der Waals surface area contributed by atoms with Crippen molar-refractivity contribution in [2.75, 3.05) is 19.0 Å². The molecular formula is C32H28BrFN4O3. The van der Waals surface area contributed by atoms with Gasteiger partial charge >= 0.3 is 0 Å². The van der Waals surface area contributed by atoms with E-state index in [1.54, 1.807) is 6.07 Å². The maximum atomic E-state index is 13.7. The summed E-state index contributed by atoms with van der Waals surface area (Å²) in [5, 5.41) is 6.69. The van der Waals surface area contributed by atoms with Crippen LogP contribution in [0.3, 0.4) is 0 Å². The lowest BCUT2D eigenvalue weighted by Gasteiger charge is -2.13. The van der Waals surface area contributed by atoms with Gasteiger partial charge in [-0.2, -0.15) is 5.10 Å². The second kappa shape index (κ2) is 14.0. The third-order valence-corrected chi connectivity index (χ3v) is 6.37. The quantitative estimate of drug-likeness (QED) is 0.127. The van der Waals surface area contributed by atoms with Crippen LogP contribution >= 0.6 is 15.9 Å². The van der Waals surface area contributed by atoms with Crippen LogP contribution in [0.15, 0.2) is 112 Å². The number of carbonyl (C=O) groups is 2. The highest BCUT2D eigenvalue weighted by atomic mass is 79.9. The summed E-state index contributed by atoms with van der Waals surface area (Å²) < 4.78 is 20.5. The Morgan fingerprint density at radius 3 is 2.41 bits per heavy atom. The highest BCUT2D eigenvalue weighted by molar-refractivity contribution is 9.10. The van der Waals surface area contributed by atoms with Gasteiger partial charge in [0.1, 0.15) is 23.9 Å². The summed E-state index contributed by atoms with van der Waals surface area (Å²) in [6.07, 6.45) is 2.98. The van der Waals surface area contributed by atoms with Gasteiger partial charge in [-0.1, -0.05) is 64.5 Å². The van der Waals surface area contributed by atoms with E-state index in [2.05, 4.69) is 31.8 Å². The van der Waals surface area contributed by atoms with E-state index in [0.29, 0.717) is 23.5 Å². The summed E-state index contributed by atoms with van der Waals surface area (Å²) in [4.78, 5) is 28.0. The number of amides is 2. The number of nitrogens with one attached hydrogen (secondary N) is 2. The SMILES string of the molecule is CN(C)c1ccc(/C=C(\NC(=O)c2cccc(F)c2)C(=O)N/N=C\c2cc(Br)ccc2OCc2ccccc2)cc1. The van der Waals surface area contributed by atoms with Crippen LogP contribution in [0.2, 0.25) is 0 Å². The molecule has 0 saturated carbocycles. The third kappa shape index (κ3) is 8.61. The Labute approximate surface area is 246 Å². The van der Waals surface area contributed by atoms with Crippen LogP contribution in [-0.4, -0.2) is 32.1 Å². The average molecular weight is 616 g/mol. The van der Waals surface area contributed by atoms with Gasteiger partial charge in [-0.25, -0.2) is 9.82 Å². The van der Waals surface area contributed by atoms with Gasteiger partial charge in [0, 0.05) is 35.4 Å². The molecule has 0 saturated heterocycles. The monoisotopic (exact) mass is 614 g/mol. The van der Waals surface area contributed by atoms with Gasteiger partial charge in [-0.15, -0.1) is 0 Å². The Morgan fingerprint density at radius 2 is 1.71 bits per heavy atom. The fourth-order valence-electron chi connectivity index (χ4n) is 3.73. The minimum absolute atomic E-state index is 0.0659. The van der Waals surface area contributed by atoms with Gasteiger partial charge in [0.05, 0.1) is 6.21 Å². The van der Waals surface area contributed by atoms with Gasteiger partial charge in [-0.05, 0) is 65.7 Å². The van der Waals surface area contributed by atoms with Crippen molar-refractivity contribution in [2.45, 2.75) is 6.61 Å². The van der Waals surface area contributed by atoms with E-state index < -0.39 is 17.6 Å². The predicted molar refractivity (Wildman–Crippen MR) is 163 cm³/mol. The number of ether oxygens (including phenoxy) is 1. The Hall–Kier alpha value is -4.76. The van der Waals surface area contributed by atoms with Crippen LogP contribution in [0, 0.1) is 5.82 Å². The molecule has 0 aliphatic heterocycles. The van der Waals surface area contributed by atoms with E-state index in [1.807, 2.05) is 85.7 Å². The van der Waals surface area contributed by atoms with Crippen molar-refractivity contribution >= 4 is 45.7 Å². The summed E-state index contributed by atoms with van der Waals surface area (Å²) in [6, 6.07) is 27.8. The summed E-state index contributed by atoms with van der Waals surface area (Å²) in [6.45, 7) is 0.362. The van der Waals surface area contributed by atoms with Crippen LogP contribution in [0.25, 0.3) is 6.08 Å². The van der Waals surface area contributed by atoms with Gasteiger partial charge in [-0.3, -0.25) is 9.59 Å². The fourth-order valence-corrected chi connectivity index (χ4v) is 4.10. The molecule has 0 heterocycles. The molecular weight excluding hydrogens is 587 g/mol. The Bertz CT molecular complexity index is 1570. The molecule has 0 aromatic heterocycles. The molecule has 9 heteroatoms. The van der Waals surface area contributed by atoms with Crippen molar-refractivity contribution in [1.29, 1.82) is 0 Å². The largest absolute Gasteiger partial charge is 0.488 e. The van der Waals surface area contributed by atoms with Gasteiger partial charge < -0.3 is 15.0 Å². The number of hydrazone groups is 1. The molecule has 4 aromatic carbocycles. The standard InChI is InChI=1S/C32H28BrFN4O3/c1-38(2)28-14-11-22(12-15-28)17-29(36-31(39)24-9-6-10-27(34)19-24)32(40)37-35-20-25-18-26(33)13-16-30(25)41-21-23-7-4-3-5-8-23/h3-20H,21H2,1-2H3,(H,36,39)(H,37,40)/b29-17-,35-20-. The lowest BCUT2D eigenvalue weighted by Crippen LogP contribution is -2.32. The molecule has 2 N–H and O–H groups in total. The average Bonchev–Trinajstić information content (AvgIpc) is 2.97. The Morgan fingerprint density at radius 1 is 0.951 bits per heavy atom. The molecule has 41 heavy (non-hydrogen) atoms. The highest BCUT2D eigenvalue weighted by Gasteiger charge is 2.15. The molecule has 0 spiro atoms. The first-order valence-electron chi connectivity index (χ1n) is 12.6. The van der Waals surface area contributed by atoms with Crippen LogP contribution in [0.1, 0.15) is 27.0 Å². The zero-order valence-corrected chi connectivity index (χ0v) is 24.1. The Balaban J connectivity index is 1.53. The number of carbonyl (C=O) groups excluding carboxylic acids is 2. The number of nitrogens with zero attached hydrogens (tertiary/aromatic N) is 2. The van der Waals surface area contributed by atoms with Crippen molar-refractivity contribution in [1.82, 2.24) is 10.7 Å². The number of halogens is 2. The molecule has 0 radical (unpaired) electrons. The van der Waals surface area contributed by atoms with Gasteiger partial charge in [0.15, 0.2) is 0 Å². The van der Waals surface area contributed by atoms with Crippen molar-refractivity contribution in [3.8, 4) is 5.75 Å². The van der Waals surface area contributed by atoms with Crippen molar-refractivity contribution < 1.29 is 18.7 Å². The van der Waals surface area contributed by atoms with Crippen LogP contribution in [0.5, 0.6) is 5.75 Å². The fraction of sp³-hybridized carbons (Fsp3) is 0.0938. The second-order valence-corrected chi connectivity index (χ2v) is 10.1. The molecule has 0 bridgehead atoms. The van der Waals surface area contributed by atoms with Crippen molar-refractivity contribution in [3.63, 3.8) is 0 Å². The zero-order valence-electron chi connectivity index (χ0n) is 22.5. The number of rotatable bonds is 10. The number of hydrogen-bond donors (Lipinski definition) is 2. The van der Waals surface area contributed by atoms with Crippen molar-refractivity contribution in [2.24, 2.45) is 5.10 Å². The minimum atomic E-state index is -0.663.